The quantitative estimate of drug-likeness (QED) is 0.513. The predicted octanol–water partition coefficient (Wildman–Crippen LogP) is 5.33. The molecule has 0 fully saturated rings. The van der Waals surface area contributed by atoms with Crippen molar-refractivity contribution in [3.05, 3.63) is 69.4 Å². The van der Waals surface area contributed by atoms with E-state index in [-0.39, 0.29) is 0 Å². The van der Waals surface area contributed by atoms with Crippen LogP contribution in [0.2, 0.25) is 0 Å². The molecule has 0 radical (unpaired) electrons. The number of ether oxygens (including phenoxy) is 2. The second kappa shape index (κ2) is 7.53. The number of halogens is 1. The molecule has 2 aromatic carbocycles. The van der Waals surface area contributed by atoms with E-state index in [1.165, 1.54) is 0 Å². The standard InChI is InChI=1S/C20H15IN2O2/c1-13-15(12-22)17(25-20-16(21)9-6-10-23-20)11-18(24-2)19(13)14-7-4-3-5-8-14/h3-11H,1-2H3. The first-order chi connectivity index (χ1) is 12.2. The summed E-state index contributed by atoms with van der Waals surface area (Å²) in [5.74, 6) is 1.56. The van der Waals surface area contributed by atoms with Crippen LogP contribution in [-0.4, -0.2) is 12.1 Å². The van der Waals surface area contributed by atoms with E-state index in [9.17, 15) is 5.26 Å². The Bertz CT molecular complexity index is 950. The summed E-state index contributed by atoms with van der Waals surface area (Å²) in [5.41, 5.74) is 3.17. The Morgan fingerprint density at radius 1 is 1.08 bits per heavy atom. The van der Waals surface area contributed by atoms with Gasteiger partial charge in [-0.25, -0.2) is 4.98 Å². The van der Waals surface area contributed by atoms with Gasteiger partial charge in [0.15, 0.2) is 5.75 Å². The van der Waals surface area contributed by atoms with Crippen LogP contribution in [0, 0.1) is 21.8 Å². The van der Waals surface area contributed by atoms with Gasteiger partial charge in [-0.3, -0.25) is 0 Å². The van der Waals surface area contributed by atoms with Gasteiger partial charge < -0.3 is 9.47 Å². The number of pyridine rings is 1. The third-order valence-electron chi connectivity index (χ3n) is 3.83. The van der Waals surface area contributed by atoms with Gasteiger partial charge >= 0.3 is 0 Å². The molecule has 0 N–H and O–H groups in total. The molecular formula is C20H15IN2O2. The summed E-state index contributed by atoms with van der Waals surface area (Å²) in [6, 6.07) is 17.6. The first-order valence-corrected chi connectivity index (χ1v) is 8.69. The van der Waals surface area contributed by atoms with Crippen molar-refractivity contribution in [2.75, 3.05) is 7.11 Å². The Hall–Kier alpha value is -2.59. The largest absolute Gasteiger partial charge is 0.496 e. The highest BCUT2D eigenvalue weighted by molar-refractivity contribution is 14.1. The van der Waals surface area contributed by atoms with E-state index in [4.69, 9.17) is 9.47 Å². The molecule has 0 bridgehead atoms. The van der Waals surface area contributed by atoms with Crippen molar-refractivity contribution in [2.24, 2.45) is 0 Å². The lowest BCUT2D eigenvalue weighted by molar-refractivity contribution is 0.407. The zero-order valence-corrected chi connectivity index (χ0v) is 15.9. The molecule has 1 aromatic heterocycles. The summed E-state index contributed by atoms with van der Waals surface area (Å²) in [6.45, 7) is 1.90. The molecule has 0 spiro atoms. The molecule has 0 aliphatic heterocycles. The highest BCUT2D eigenvalue weighted by atomic mass is 127. The van der Waals surface area contributed by atoms with Crippen LogP contribution in [0.5, 0.6) is 17.4 Å². The SMILES string of the molecule is COc1cc(Oc2ncccc2I)c(C#N)c(C)c1-c1ccccc1. The minimum Gasteiger partial charge on any atom is -0.496 e. The predicted molar refractivity (Wildman–Crippen MR) is 105 cm³/mol. The lowest BCUT2D eigenvalue weighted by Gasteiger charge is -2.17. The molecule has 0 atom stereocenters. The lowest BCUT2D eigenvalue weighted by Crippen LogP contribution is -1.99. The molecule has 0 saturated carbocycles. The molecule has 0 aliphatic carbocycles. The number of rotatable bonds is 4. The van der Waals surface area contributed by atoms with Gasteiger partial charge in [0.25, 0.3) is 0 Å². The molecule has 124 valence electrons. The topological polar surface area (TPSA) is 55.1 Å². The van der Waals surface area contributed by atoms with Gasteiger partial charge in [0, 0.05) is 17.8 Å². The van der Waals surface area contributed by atoms with Crippen LogP contribution < -0.4 is 9.47 Å². The number of benzene rings is 2. The van der Waals surface area contributed by atoms with Gasteiger partial charge in [-0.1, -0.05) is 30.3 Å². The van der Waals surface area contributed by atoms with Gasteiger partial charge in [-0.05, 0) is 52.8 Å². The average molecular weight is 442 g/mol. The van der Waals surface area contributed by atoms with Crippen LogP contribution in [-0.2, 0) is 0 Å². The van der Waals surface area contributed by atoms with Crippen molar-refractivity contribution >= 4 is 22.6 Å². The highest BCUT2D eigenvalue weighted by Gasteiger charge is 2.19. The summed E-state index contributed by atoms with van der Waals surface area (Å²) in [5, 5.41) is 9.69. The second-order valence-electron chi connectivity index (χ2n) is 5.32. The van der Waals surface area contributed by atoms with Crippen LogP contribution >= 0.6 is 22.6 Å². The first-order valence-electron chi connectivity index (χ1n) is 7.61. The monoisotopic (exact) mass is 442 g/mol. The molecule has 5 heteroatoms. The fraction of sp³-hybridized carbons (Fsp3) is 0.100. The van der Waals surface area contributed by atoms with E-state index < -0.39 is 0 Å². The molecule has 3 rings (SSSR count). The van der Waals surface area contributed by atoms with Crippen molar-refractivity contribution in [1.29, 1.82) is 5.26 Å². The molecule has 0 aliphatic rings. The number of nitriles is 1. The fourth-order valence-electron chi connectivity index (χ4n) is 2.65. The number of aromatic nitrogens is 1. The van der Waals surface area contributed by atoms with E-state index in [0.29, 0.717) is 22.9 Å². The van der Waals surface area contributed by atoms with Crippen LogP contribution in [0.15, 0.2) is 54.7 Å². The molecule has 3 aromatic rings. The van der Waals surface area contributed by atoms with Gasteiger partial charge in [0.2, 0.25) is 5.88 Å². The van der Waals surface area contributed by atoms with Crippen molar-refractivity contribution in [1.82, 2.24) is 4.98 Å². The minimum absolute atomic E-state index is 0.438. The number of hydrogen-bond donors (Lipinski definition) is 0. The van der Waals surface area contributed by atoms with E-state index in [2.05, 4.69) is 33.6 Å². The fourth-order valence-corrected chi connectivity index (χ4v) is 3.11. The summed E-state index contributed by atoms with van der Waals surface area (Å²) < 4.78 is 12.4. The summed E-state index contributed by atoms with van der Waals surface area (Å²) in [6.07, 6.45) is 1.66. The molecule has 4 nitrogen and oxygen atoms in total. The zero-order valence-electron chi connectivity index (χ0n) is 13.8. The van der Waals surface area contributed by atoms with Gasteiger partial charge in [-0.15, -0.1) is 0 Å². The van der Waals surface area contributed by atoms with Crippen LogP contribution in [0.3, 0.4) is 0 Å². The second-order valence-corrected chi connectivity index (χ2v) is 6.48. The number of methoxy groups -OCH3 is 1. The molecule has 0 amide bonds. The average Bonchev–Trinajstić information content (AvgIpc) is 2.64. The van der Waals surface area contributed by atoms with Crippen LogP contribution in [0.25, 0.3) is 11.1 Å². The van der Waals surface area contributed by atoms with Crippen molar-refractivity contribution in [3.63, 3.8) is 0 Å². The van der Waals surface area contributed by atoms with Gasteiger partial charge in [-0.2, -0.15) is 5.26 Å². The first kappa shape index (κ1) is 17.2. The molecule has 0 unspecified atom stereocenters. The Morgan fingerprint density at radius 2 is 1.84 bits per heavy atom. The van der Waals surface area contributed by atoms with Crippen molar-refractivity contribution in [2.45, 2.75) is 6.92 Å². The third kappa shape index (κ3) is 3.44. The normalized spacial score (nSPS) is 10.2. The van der Waals surface area contributed by atoms with E-state index in [1.807, 2.05) is 49.4 Å². The Labute approximate surface area is 160 Å². The van der Waals surface area contributed by atoms with E-state index in [1.54, 1.807) is 19.4 Å². The molecule has 0 saturated heterocycles. The maximum absolute atomic E-state index is 9.69. The Balaban J connectivity index is 2.17. The lowest BCUT2D eigenvalue weighted by atomic mass is 9.95. The van der Waals surface area contributed by atoms with Crippen molar-refractivity contribution in [3.8, 4) is 34.6 Å². The Morgan fingerprint density at radius 3 is 2.48 bits per heavy atom. The summed E-state index contributed by atoms with van der Waals surface area (Å²) in [7, 11) is 1.61. The molecule has 1 heterocycles. The Kier molecular flexibility index (Phi) is 5.19. The summed E-state index contributed by atoms with van der Waals surface area (Å²) in [4.78, 5) is 4.23. The maximum Gasteiger partial charge on any atom is 0.232 e. The highest BCUT2D eigenvalue weighted by Crippen LogP contribution is 2.41. The summed E-state index contributed by atoms with van der Waals surface area (Å²) >= 11 is 2.15. The van der Waals surface area contributed by atoms with Gasteiger partial charge in [0.05, 0.1) is 16.2 Å². The zero-order chi connectivity index (χ0) is 17.8. The van der Waals surface area contributed by atoms with Crippen molar-refractivity contribution < 1.29 is 9.47 Å². The number of nitrogens with zero attached hydrogens (tertiary/aromatic N) is 2. The maximum atomic E-state index is 9.69. The van der Waals surface area contributed by atoms with E-state index in [0.717, 1.165) is 20.3 Å². The molecule has 25 heavy (non-hydrogen) atoms. The van der Waals surface area contributed by atoms with E-state index >= 15 is 0 Å². The van der Waals surface area contributed by atoms with Crippen LogP contribution in [0.1, 0.15) is 11.1 Å². The van der Waals surface area contributed by atoms with Crippen LogP contribution in [0.4, 0.5) is 0 Å². The third-order valence-corrected chi connectivity index (χ3v) is 4.65. The minimum atomic E-state index is 0.438. The number of hydrogen-bond acceptors (Lipinski definition) is 4. The van der Waals surface area contributed by atoms with Gasteiger partial charge in [0.1, 0.15) is 11.8 Å². The molecular weight excluding hydrogens is 427 g/mol. The smallest absolute Gasteiger partial charge is 0.232 e.